The Labute approximate surface area is 135 Å². The number of anilines is 2. The molecule has 0 amide bonds. The Kier molecular flexibility index (Phi) is 5.43. The second-order valence-electron chi connectivity index (χ2n) is 4.07. The molecule has 112 valence electrons. The summed E-state index contributed by atoms with van der Waals surface area (Å²) >= 11 is 4.57. The van der Waals surface area contributed by atoms with Gasteiger partial charge in [0.15, 0.2) is 5.82 Å². The summed E-state index contributed by atoms with van der Waals surface area (Å²) in [5.41, 5.74) is 6.33. The van der Waals surface area contributed by atoms with Crippen molar-refractivity contribution in [3.05, 3.63) is 41.3 Å². The molecule has 9 heteroatoms. The Balaban J connectivity index is 1.88. The maximum Gasteiger partial charge on any atom is 0.234 e. The van der Waals surface area contributed by atoms with Gasteiger partial charge in [-0.2, -0.15) is 0 Å². The number of nitrogen functional groups attached to an aromatic ring is 1. The normalized spacial score (nSPS) is 11.3. The van der Waals surface area contributed by atoms with Crippen LogP contribution in [0.1, 0.15) is 0 Å². The van der Waals surface area contributed by atoms with Crippen molar-refractivity contribution in [1.29, 1.82) is 0 Å². The Bertz CT molecular complexity index is 707. The van der Waals surface area contributed by atoms with Crippen molar-refractivity contribution in [2.75, 3.05) is 22.0 Å². The van der Waals surface area contributed by atoms with Gasteiger partial charge in [-0.1, -0.05) is 6.07 Å². The fourth-order valence-corrected chi connectivity index (χ4v) is 4.02. The van der Waals surface area contributed by atoms with Crippen LogP contribution in [-0.4, -0.2) is 29.9 Å². The molecule has 0 aliphatic carbocycles. The highest BCUT2D eigenvalue weighted by Crippen LogP contribution is 2.20. The molecular weight excluding hydrogens is 376 g/mol. The predicted octanol–water partition coefficient (Wildman–Crippen LogP) is 2.36. The van der Waals surface area contributed by atoms with Crippen LogP contribution in [0, 0.1) is 0 Å². The summed E-state index contributed by atoms with van der Waals surface area (Å²) in [6.07, 6.45) is 2.78. The standard InChI is InChI=1S/C12H13BrN4O2S2/c13-11-7-16-12(8-15-11)17-21(18,19)5-4-20-10-3-1-2-9(14)6-10/h1-3,6-8H,4-5,14H2,(H,16,17). The highest BCUT2D eigenvalue weighted by molar-refractivity contribution is 9.10. The van der Waals surface area contributed by atoms with Gasteiger partial charge in [0.1, 0.15) is 4.60 Å². The van der Waals surface area contributed by atoms with E-state index in [0.717, 1.165) is 4.90 Å². The summed E-state index contributed by atoms with van der Waals surface area (Å²) in [4.78, 5) is 8.77. The van der Waals surface area contributed by atoms with Gasteiger partial charge in [-0.3, -0.25) is 4.72 Å². The second-order valence-corrected chi connectivity index (χ2v) is 7.89. The molecule has 0 bridgehead atoms. The molecule has 1 aromatic carbocycles. The van der Waals surface area contributed by atoms with Gasteiger partial charge in [-0.05, 0) is 34.1 Å². The largest absolute Gasteiger partial charge is 0.399 e. The maximum atomic E-state index is 11.9. The van der Waals surface area contributed by atoms with Gasteiger partial charge < -0.3 is 5.73 Å². The number of benzene rings is 1. The molecule has 0 radical (unpaired) electrons. The number of rotatable bonds is 6. The molecule has 1 heterocycles. The summed E-state index contributed by atoms with van der Waals surface area (Å²) in [5.74, 6) is 0.597. The summed E-state index contributed by atoms with van der Waals surface area (Å²) in [5, 5.41) is 0. The predicted molar refractivity (Wildman–Crippen MR) is 88.7 cm³/mol. The number of nitrogens with one attached hydrogen (secondary N) is 1. The fraction of sp³-hybridized carbons (Fsp3) is 0.167. The lowest BCUT2D eigenvalue weighted by Crippen LogP contribution is -2.19. The van der Waals surface area contributed by atoms with E-state index in [-0.39, 0.29) is 11.6 Å². The molecule has 1 aromatic heterocycles. The van der Waals surface area contributed by atoms with Crippen molar-refractivity contribution in [2.45, 2.75) is 4.90 Å². The van der Waals surface area contributed by atoms with Crippen LogP contribution in [0.3, 0.4) is 0 Å². The number of nitrogens with two attached hydrogens (primary N) is 1. The molecule has 0 aliphatic rings. The molecule has 0 unspecified atom stereocenters. The van der Waals surface area contributed by atoms with Crippen molar-refractivity contribution in [3.63, 3.8) is 0 Å². The van der Waals surface area contributed by atoms with Crippen LogP contribution in [0.25, 0.3) is 0 Å². The van der Waals surface area contributed by atoms with Crippen molar-refractivity contribution in [3.8, 4) is 0 Å². The molecule has 0 aliphatic heterocycles. The minimum Gasteiger partial charge on any atom is -0.399 e. The molecule has 21 heavy (non-hydrogen) atoms. The molecular formula is C12H13BrN4O2S2. The third kappa shape index (κ3) is 5.52. The zero-order valence-electron chi connectivity index (χ0n) is 10.9. The van der Waals surface area contributed by atoms with Crippen LogP contribution in [0.15, 0.2) is 46.2 Å². The number of aromatic nitrogens is 2. The first kappa shape index (κ1) is 16.1. The lowest BCUT2D eigenvalue weighted by atomic mass is 10.3. The van der Waals surface area contributed by atoms with Gasteiger partial charge in [0, 0.05) is 16.3 Å². The lowest BCUT2D eigenvalue weighted by molar-refractivity contribution is 0.602. The van der Waals surface area contributed by atoms with E-state index < -0.39 is 10.0 Å². The van der Waals surface area contributed by atoms with Gasteiger partial charge in [-0.15, -0.1) is 11.8 Å². The number of halogens is 1. The smallest absolute Gasteiger partial charge is 0.234 e. The number of hydrogen-bond acceptors (Lipinski definition) is 6. The van der Waals surface area contributed by atoms with Gasteiger partial charge >= 0.3 is 0 Å². The van der Waals surface area contributed by atoms with E-state index >= 15 is 0 Å². The highest BCUT2D eigenvalue weighted by Gasteiger charge is 2.11. The van der Waals surface area contributed by atoms with Crippen LogP contribution in [0.4, 0.5) is 11.5 Å². The first-order valence-corrected chi connectivity index (χ1v) is 9.34. The van der Waals surface area contributed by atoms with Gasteiger partial charge in [-0.25, -0.2) is 18.4 Å². The van der Waals surface area contributed by atoms with Gasteiger partial charge in [0.05, 0.1) is 18.1 Å². The number of nitrogens with zero attached hydrogens (tertiary/aromatic N) is 2. The SMILES string of the molecule is Nc1cccc(SCCS(=O)(=O)Nc2cnc(Br)cn2)c1. The van der Waals surface area contributed by atoms with Crippen LogP contribution in [0.2, 0.25) is 0 Å². The molecule has 6 nitrogen and oxygen atoms in total. The average Bonchev–Trinajstić information content (AvgIpc) is 2.41. The number of sulfonamides is 1. The second kappa shape index (κ2) is 7.10. The summed E-state index contributed by atoms with van der Waals surface area (Å²) in [7, 11) is -3.45. The van der Waals surface area contributed by atoms with Crippen LogP contribution < -0.4 is 10.5 Å². The maximum absolute atomic E-state index is 11.9. The fourth-order valence-electron chi connectivity index (χ4n) is 1.45. The van der Waals surface area contributed by atoms with Gasteiger partial charge in [0.25, 0.3) is 0 Å². The Morgan fingerprint density at radius 3 is 2.76 bits per heavy atom. The zero-order valence-corrected chi connectivity index (χ0v) is 14.1. The Hall–Kier alpha value is -1.32. The number of thioether (sulfide) groups is 1. The average molecular weight is 389 g/mol. The van der Waals surface area contributed by atoms with E-state index in [1.54, 1.807) is 6.07 Å². The summed E-state index contributed by atoms with van der Waals surface area (Å²) < 4.78 is 26.8. The first-order chi connectivity index (χ1) is 9.94. The van der Waals surface area contributed by atoms with E-state index in [1.807, 2.05) is 18.2 Å². The van der Waals surface area contributed by atoms with E-state index in [4.69, 9.17) is 5.73 Å². The monoisotopic (exact) mass is 388 g/mol. The molecule has 0 spiro atoms. The third-order valence-corrected chi connectivity index (χ3v) is 5.28. The van der Waals surface area contributed by atoms with Crippen molar-refractivity contribution in [1.82, 2.24) is 9.97 Å². The summed E-state index contributed by atoms with van der Waals surface area (Å²) in [6.45, 7) is 0. The van der Waals surface area contributed by atoms with Crippen LogP contribution in [-0.2, 0) is 10.0 Å². The van der Waals surface area contributed by atoms with E-state index in [9.17, 15) is 8.42 Å². The molecule has 0 saturated carbocycles. The van der Waals surface area contributed by atoms with E-state index in [2.05, 4.69) is 30.6 Å². The molecule has 0 saturated heterocycles. The molecule has 0 fully saturated rings. The van der Waals surface area contributed by atoms with E-state index in [0.29, 0.717) is 16.0 Å². The minimum atomic E-state index is -3.45. The quantitative estimate of drug-likeness (QED) is 0.582. The third-order valence-electron chi connectivity index (χ3n) is 2.36. The topological polar surface area (TPSA) is 98.0 Å². The molecule has 2 rings (SSSR count). The lowest BCUT2D eigenvalue weighted by Gasteiger charge is -2.07. The molecule has 3 N–H and O–H groups in total. The van der Waals surface area contributed by atoms with Crippen LogP contribution in [0.5, 0.6) is 0 Å². The Morgan fingerprint density at radius 2 is 2.10 bits per heavy atom. The van der Waals surface area contributed by atoms with Crippen LogP contribution >= 0.6 is 27.7 Å². The van der Waals surface area contributed by atoms with Crippen molar-refractivity contribution < 1.29 is 8.42 Å². The van der Waals surface area contributed by atoms with Crippen molar-refractivity contribution in [2.24, 2.45) is 0 Å². The number of hydrogen-bond donors (Lipinski definition) is 2. The summed E-state index contributed by atoms with van der Waals surface area (Å²) in [6, 6.07) is 7.32. The van der Waals surface area contributed by atoms with Crippen molar-refractivity contribution >= 4 is 49.2 Å². The zero-order chi connectivity index (χ0) is 15.3. The Morgan fingerprint density at radius 1 is 1.29 bits per heavy atom. The minimum absolute atomic E-state index is 0.0236. The van der Waals surface area contributed by atoms with E-state index in [1.165, 1.54) is 24.2 Å². The highest BCUT2D eigenvalue weighted by atomic mass is 79.9. The first-order valence-electron chi connectivity index (χ1n) is 5.91. The molecule has 2 aromatic rings. The molecule has 0 atom stereocenters. The van der Waals surface area contributed by atoms with Gasteiger partial charge in [0.2, 0.25) is 10.0 Å².